The van der Waals surface area contributed by atoms with Crippen molar-refractivity contribution < 1.29 is 5.11 Å². The number of hydrogen-bond acceptors (Lipinski definition) is 2. The molecule has 4 nitrogen and oxygen atoms in total. The molecule has 1 N–H and O–H groups in total. The van der Waals surface area contributed by atoms with Gasteiger partial charge in [0.25, 0.3) is 0 Å². The number of aliphatic hydroxyl groups is 1. The largest absolute Gasteiger partial charge is 0.389 e. The van der Waals surface area contributed by atoms with Crippen molar-refractivity contribution in [1.29, 1.82) is 0 Å². The van der Waals surface area contributed by atoms with Crippen LogP contribution in [-0.4, -0.2) is 24.4 Å². The molecular formula is C24H49N3OSi. The normalized spacial score (nSPS) is 15.9. The summed E-state index contributed by atoms with van der Waals surface area (Å²) >= 11 is 0. The monoisotopic (exact) mass is 423 g/mol. The van der Waals surface area contributed by atoms with Gasteiger partial charge in [0, 0.05) is 4.91 Å². The molecule has 0 bridgehead atoms. The Bertz CT molecular complexity index is 507. The van der Waals surface area contributed by atoms with Crippen molar-refractivity contribution in [2.75, 3.05) is 0 Å². The smallest absolute Gasteiger partial charge is 0.0958 e. The number of allylic oxidation sites excluding steroid dienone is 1. The number of hydrogen-bond donors (Lipinski definition) is 1. The van der Waals surface area contributed by atoms with Gasteiger partial charge in [-0.05, 0) is 23.4 Å². The molecule has 0 heterocycles. The van der Waals surface area contributed by atoms with Gasteiger partial charge >= 0.3 is 0 Å². The topological polar surface area (TPSA) is 69.0 Å². The molecule has 0 aliphatic rings. The van der Waals surface area contributed by atoms with Crippen LogP contribution in [-0.2, 0) is 0 Å². The molecule has 0 saturated heterocycles. The minimum atomic E-state index is -2.16. The van der Waals surface area contributed by atoms with E-state index in [1.165, 1.54) is 64.2 Å². The van der Waals surface area contributed by atoms with E-state index in [4.69, 9.17) is 5.53 Å². The summed E-state index contributed by atoms with van der Waals surface area (Å²) in [5, 5.41) is 14.4. The third-order valence-corrected chi connectivity index (χ3v) is 13.4. The Morgan fingerprint density at radius 1 is 0.931 bits per heavy atom. The summed E-state index contributed by atoms with van der Waals surface area (Å²) in [4.78, 5) is 2.96. The molecule has 170 valence electrons. The van der Waals surface area contributed by atoms with Gasteiger partial charge in [0.1, 0.15) is 0 Å². The molecule has 0 fully saturated rings. The zero-order chi connectivity index (χ0) is 22.4. The van der Waals surface area contributed by atoms with Gasteiger partial charge in [0.2, 0.25) is 0 Å². The molecule has 0 radical (unpaired) electrons. The van der Waals surface area contributed by atoms with Gasteiger partial charge in [0.05, 0.1) is 19.3 Å². The molecule has 0 spiro atoms. The molecule has 0 unspecified atom stereocenters. The van der Waals surface area contributed by atoms with Crippen LogP contribution in [0.2, 0.25) is 18.1 Å². The fourth-order valence-electron chi connectivity index (χ4n) is 3.83. The molecule has 5 heteroatoms. The lowest BCUT2D eigenvalue weighted by Gasteiger charge is -2.49. The highest BCUT2D eigenvalue weighted by Gasteiger charge is 2.53. The second kappa shape index (κ2) is 14.3. The van der Waals surface area contributed by atoms with E-state index in [1.54, 1.807) is 0 Å². The summed E-state index contributed by atoms with van der Waals surface area (Å²) < 4.78 is 0. The van der Waals surface area contributed by atoms with E-state index >= 15 is 0 Å². The standard InChI is InChI=1S/C24H49N3OSi/c1-8-9-10-11-12-13-14-15-16-17-18-19-20-21-24(28,22(2)26-27-25)29(6,7)23(3,4)5/h20-22,28H,8-19H2,1-7H3/t22-,24+/m0/s1. The Balaban J connectivity index is 4.38. The van der Waals surface area contributed by atoms with Gasteiger partial charge in [-0.3, -0.25) is 0 Å². The maximum absolute atomic E-state index is 11.6. The zero-order valence-electron chi connectivity index (χ0n) is 20.5. The molecule has 0 aromatic heterocycles. The van der Waals surface area contributed by atoms with Crippen molar-refractivity contribution in [3.63, 3.8) is 0 Å². The molecule has 0 aliphatic carbocycles. The molecular weight excluding hydrogens is 374 g/mol. The van der Waals surface area contributed by atoms with Gasteiger partial charge in [0.15, 0.2) is 0 Å². The van der Waals surface area contributed by atoms with Crippen LogP contribution in [0, 0.1) is 0 Å². The quantitative estimate of drug-likeness (QED) is 0.0661. The van der Waals surface area contributed by atoms with Crippen LogP contribution in [0.3, 0.4) is 0 Å². The molecule has 0 aliphatic heterocycles. The first-order valence-corrected chi connectivity index (χ1v) is 15.0. The van der Waals surface area contributed by atoms with Crippen molar-refractivity contribution >= 4 is 8.07 Å². The van der Waals surface area contributed by atoms with Crippen molar-refractivity contribution in [1.82, 2.24) is 0 Å². The van der Waals surface area contributed by atoms with E-state index in [1.807, 2.05) is 13.0 Å². The van der Waals surface area contributed by atoms with E-state index in [2.05, 4.69) is 56.9 Å². The van der Waals surface area contributed by atoms with E-state index in [0.717, 1.165) is 12.8 Å². The lowest BCUT2D eigenvalue weighted by Crippen LogP contribution is -2.63. The Morgan fingerprint density at radius 2 is 1.38 bits per heavy atom. The first kappa shape index (κ1) is 28.2. The number of rotatable bonds is 16. The fraction of sp³-hybridized carbons (Fsp3) is 0.917. The van der Waals surface area contributed by atoms with E-state index < -0.39 is 19.3 Å². The predicted octanol–water partition coefficient (Wildman–Crippen LogP) is 8.72. The van der Waals surface area contributed by atoms with Gasteiger partial charge in [-0.2, -0.15) is 0 Å². The van der Waals surface area contributed by atoms with Gasteiger partial charge in [-0.25, -0.2) is 0 Å². The van der Waals surface area contributed by atoms with E-state index in [-0.39, 0.29) is 5.04 Å². The van der Waals surface area contributed by atoms with Gasteiger partial charge in [-0.1, -0.05) is 129 Å². The minimum Gasteiger partial charge on any atom is -0.389 e. The van der Waals surface area contributed by atoms with Crippen LogP contribution in [0.15, 0.2) is 17.3 Å². The third kappa shape index (κ3) is 9.72. The molecule has 2 atom stereocenters. The van der Waals surface area contributed by atoms with Crippen molar-refractivity contribution in [2.24, 2.45) is 5.11 Å². The number of azide groups is 1. The second-order valence-electron chi connectivity index (χ2n) is 10.3. The third-order valence-electron chi connectivity index (χ3n) is 7.08. The summed E-state index contributed by atoms with van der Waals surface area (Å²) in [6, 6.07) is -0.457. The van der Waals surface area contributed by atoms with E-state index in [9.17, 15) is 5.11 Å². The summed E-state index contributed by atoms with van der Waals surface area (Å²) in [5.74, 6) is 0. The summed E-state index contributed by atoms with van der Waals surface area (Å²) in [6.07, 6.45) is 19.8. The van der Waals surface area contributed by atoms with E-state index in [0.29, 0.717) is 0 Å². The Kier molecular flexibility index (Phi) is 13.9. The maximum atomic E-state index is 11.6. The fourth-order valence-corrected chi connectivity index (χ4v) is 6.66. The zero-order valence-corrected chi connectivity index (χ0v) is 21.5. The van der Waals surface area contributed by atoms with Crippen LogP contribution in [0.4, 0.5) is 0 Å². The molecule has 0 rings (SSSR count). The van der Waals surface area contributed by atoms with Gasteiger partial charge in [-0.15, -0.1) is 0 Å². The van der Waals surface area contributed by atoms with Gasteiger partial charge < -0.3 is 5.11 Å². The maximum Gasteiger partial charge on any atom is 0.0958 e. The highest BCUT2D eigenvalue weighted by Crippen LogP contribution is 2.45. The average Bonchev–Trinajstić information content (AvgIpc) is 2.64. The Morgan fingerprint density at radius 3 is 1.79 bits per heavy atom. The highest BCUT2D eigenvalue weighted by molar-refractivity contribution is 6.83. The van der Waals surface area contributed by atoms with Crippen LogP contribution in [0.5, 0.6) is 0 Å². The molecule has 0 aromatic carbocycles. The minimum absolute atomic E-state index is 0.00185. The van der Waals surface area contributed by atoms with Crippen LogP contribution in [0.25, 0.3) is 10.4 Å². The van der Waals surface area contributed by atoms with Crippen molar-refractivity contribution in [3.8, 4) is 0 Å². The summed E-state index contributed by atoms with van der Waals surface area (Å²) in [7, 11) is -2.16. The lowest BCUT2D eigenvalue weighted by atomic mass is 10.0. The number of nitrogens with zero attached hydrogens (tertiary/aromatic N) is 3. The van der Waals surface area contributed by atoms with Crippen molar-refractivity contribution in [3.05, 3.63) is 22.6 Å². The van der Waals surface area contributed by atoms with Crippen molar-refractivity contribution in [2.45, 2.75) is 141 Å². The first-order valence-electron chi connectivity index (χ1n) is 12.0. The number of unbranched alkanes of at least 4 members (excludes halogenated alkanes) is 11. The van der Waals surface area contributed by atoms with Crippen LogP contribution >= 0.6 is 0 Å². The summed E-state index contributed by atoms with van der Waals surface area (Å²) in [6.45, 7) is 15.1. The average molecular weight is 424 g/mol. The molecule has 0 aromatic rings. The lowest BCUT2D eigenvalue weighted by molar-refractivity contribution is 0.136. The van der Waals surface area contributed by atoms with Crippen LogP contribution in [0.1, 0.15) is 112 Å². The SMILES string of the molecule is CCCCCCCCCCCCCC=C[C@](O)([C@H](C)N=[N+]=[N-])[Si](C)(C)C(C)(C)C. The summed E-state index contributed by atoms with van der Waals surface area (Å²) in [5.41, 5.74) is 8.89. The molecule has 0 amide bonds. The Hall–Kier alpha value is -0.773. The Labute approximate surface area is 182 Å². The molecule has 0 saturated carbocycles. The second-order valence-corrected chi connectivity index (χ2v) is 15.9. The first-order chi connectivity index (χ1) is 13.5. The predicted molar refractivity (Wildman–Crippen MR) is 131 cm³/mol. The van der Waals surface area contributed by atoms with Crippen LogP contribution < -0.4 is 0 Å². The molecule has 29 heavy (non-hydrogen) atoms. The highest BCUT2D eigenvalue weighted by atomic mass is 28.3.